The third-order valence-electron chi connectivity index (χ3n) is 5.38. The average molecular weight is 353 g/mol. The minimum absolute atomic E-state index is 0.186. The Balaban J connectivity index is 1.71. The maximum Gasteiger partial charge on any atom is 0.231 e. The fourth-order valence-electron chi connectivity index (χ4n) is 3.43. The third kappa shape index (κ3) is 2.93. The summed E-state index contributed by atoms with van der Waals surface area (Å²) in [4.78, 5) is 11.8. The smallest absolute Gasteiger partial charge is 0.231 e. The van der Waals surface area contributed by atoms with Gasteiger partial charge in [0, 0.05) is 4.88 Å². The van der Waals surface area contributed by atoms with Crippen molar-refractivity contribution in [1.82, 2.24) is 9.97 Å². The molecule has 2 aromatic heterocycles. The summed E-state index contributed by atoms with van der Waals surface area (Å²) in [6.45, 7) is 8.70. The Morgan fingerprint density at radius 3 is 2.60 bits per heavy atom. The van der Waals surface area contributed by atoms with E-state index in [0.717, 1.165) is 41.1 Å². The molecule has 1 aliphatic rings. The van der Waals surface area contributed by atoms with Crippen LogP contribution >= 0.6 is 11.3 Å². The van der Waals surface area contributed by atoms with E-state index in [0.29, 0.717) is 5.88 Å². The van der Waals surface area contributed by atoms with Crippen molar-refractivity contribution in [2.45, 2.75) is 58.8 Å². The lowest BCUT2D eigenvalue weighted by molar-refractivity contribution is 0.464. The molecule has 4 heteroatoms. The van der Waals surface area contributed by atoms with Crippen LogP contribution in [-0.4, -0.2) is 9.97 Å². The SMILES string of the molecule is CCC(C)(C)c1ccc(Oc2nc(C)nc3sc4c(c23)CCC4)cc1. The van der Waals surface area contributed by atoms with Crippen LogP contribution in [0.25, 0.3) is 10.2 Å². The predicted molar refractivity (Wildman–Crippen MR) is 104 cm³/mol. The van der Waals surface area contributed by atoms with E-state index < -0.39 is 0 Å². The average Bonchev–Trinajstić information content (AvgIpc) is 3.15. The topological polar surface area (TPSA) is 35.0 Å². The van der Waals surface area contributed by atoms with Crippen LogP contribution < -0.4 is 4.74 Å². The van der Waals surface area contributed by atoms with Gasteiger partial charge in [0.2, 0.25) is 5.88 Å². The zero-order valence-corrected chi connectivity index (χ0v) is 16.2. The molecule has 4 rings (SSSR count). The third-order valence-corrected chi connectivity index (χ3v) is 6.56. The molecule has 0 fully saturated rings. The molecule has 25 heavy (non-hydrogen) atoms. The van der Waals surface area contributed by atoms with E-state index in [2.05, 4.69) is 55.0 Å². The van der Waals surface area contributed by atoms with E-state index in [-0.39, 0.29) is 5.41 Å². The van der Waals surface area contributed by atoms with Crippen molar-refractivity contribution in [2.24, 2.45) is 0 Å². The van der Waals surface area contributed by atoms with Crippen molar-refractivity contribution < 1.29 is 4.74 Å². The minimum atomic E-state index is 0.186. The number of benzene rings is 1. The number of ether oxygens (including phenoxy) is 1. The number of aromatic nitrogens is 2. The van der Waals surface area contributed by atoms with Gasteiger partial charge in [0.05, 0.1) is 5.39 Å². The molecule has 0 saturated heterocycles. The lowest BCUT2D eigenvalue weighted by Gasteiger charge is -2.23. The Labute approximate surface area is 153 Å². The molecular formula is C21H24N2OS. The first kappa shape index (κ1) is 16.5. The summed E-state index contributed by atoms with van der Waals surface area (Å²) in [5.74, 6) is 2.32. The van der Waals surface area contributed by atoms with Crippen LogP contribution in [0.1, 0.15) is 55.4 Å². The number of hydrogen-bond donors (Lipinski definition) is 0. The monoisotopic (exact) mass is 352 g/mol. The molecule has 0 amide bonds. The molecular weight excluding hydrogens is 328 g/mol. The molecule has 0 bridgehead atoms. The van der Waals surface area contributed by atoms with Crippen molar-refractivity contribution in [2.75, 3.05) is 0 Å². The van der Waals surface area contributed by atoms with Gasteiger partial charge in [0.1, 0.15) is 16.4 Å². The van der Waals surface area contributed by atoms with Crippen LogP contribution in [0.2, 0.25) is 0 Å². The number of hydrogen-bond acceptors (Lipinski definition) is 4. The lowest BCUT2D eigenvalue weighted by atomic mass is 9.82. The van der Waals surface area contributed by atoms with E-state index in [1.807, 2.05) is 6.92 Å². The van der Waals surface area contributed by atoms with E-state index in [1.54, 1.807) is 11.3 Å². The molecule has 0 saturated carbocycles. The number of rotatable bonds is 4. The van der Waals surface area contributed by atoms with E-state index in [1.165, 1.54) is 22.4 Å². The Morgan fingerprint density at radius 2 is 1.88 bits per heavy atom. The Bertz CT molecular complexity index is 925. The normalized spacial score (nSPS) is 14.1. The molecule has 0 N–H and O–H groups in total. The number of fused-ring (bicyclic) bond motifs is 3. The first-order chi connectivity index (χ1) is 12.0. The zero-order valence-electron chi connectivity index (χ0n) is 15.3. The van der Waals surface area contributed by atoms with Crippen molar-refractivity contribution >= 4 is 21.6 Å². The van der Waals surface area contributed by atoms with Crippen molar-refractivity contribution in [3.05, 3.63) is 46.1 Å². The van der Waals surface area contributed by atoms with Crippen molar-refractivity contribution in [3.63, 3.8) is 0 Å². The first-order valence-corrected chi connectivity index (χ1v) is 9.87. The maximum absolute atomic E-state index is 6.21. The predicted octanol–water partition coefficient (Wildman–Crippen LogP) is 5.97. The van der Waals surface area contributed by atoms with Gasteiger partial charge < -0.3 is 4.74 Å². The van der Waals surface area contributed by atoms with Gasteiger partial charge in [-0.3, -0.25) is 0 Å². The fourth-order valence-corrected chi connectivity index (χ4v) is 4.73. The second kappa shape index (κ2) is 6.10. The standard InChI is InChI=1S/C21H24N2OS/c1-5-21(3,4)14-9-11-15(12-10-14)24-19-18-16-7-6-8-17(16)25-20(18)23-13(2)22-19/h9-12H,5-8H2,1-4H3. The van der Waals surface area contributed by atoms with E-state index in [9.17, 15) is 0 Å². The number of thiophene rings is 1. The molecule has 1 aromatic carbocycles. The molecule has 3 nitrogen and oxygen atoms in total. The second-order valence-corrected chi connectivity index (χ2v) is 8.56. The summed E-state index contributed by atoms with van der Waals surface area (Å²) in [6, 6.07) is 8.45. The van der Waals surface area contributed by atoms with Crippen molar-refractivity contribution in [3.8, 4) is 11.6 Å². The van der Waals surface area contributed by atoms with Gasteiger partial charge in [-0.05, 0) is 61.3 Å². The molecule has 0 spiro atoms. The highest BCUT2D eigenvalue weighted by molar-refractivity contribution is 7.19. The Morgan fingerprint density at radius 1 is 1.12 bits per heavy atom. The quantitative estimate of drug-likeness (QED) is 0.580. The van der Waals surface area contributed by atoms with Gasteiger partial charge in [0.15, 0.2) is 0 Å². The van der Waals surface area contributed by atoms with Gasteiger partial charge in [-0.2, -0.15) is 4.98 Å². The highest BCUT2D eigenvalue weighted by Gasteiger charge is 2.23. The van der Waals surface area contributed by atoms with Crippen LogP contribution in [0, 0.1) is 6.92 Å². The molecule has 0 aliphatic heterocycles. The Hall–Kier alpha value is -1.94. The minimum Gasteiger partial charge on any atom is -0.438 e. The van der Waals surface area contributed by atoms with Crippen LogP contribution in [0.3, 0.4) is 0 Å². The molecule has 130 valence electrons. The first-order valence-electron chi connectivity index (χ1n) is 9.05. The van der Waals surface area contributed by atoms with E-state index in [4.69, 9.17) is 4.74 Å². The fraction of sp³-hybridized carbons (Fsp3) is 0.429. The van der Waals surface area contributed by atoms with Crippen LogP contribution in [0.5, 0.6) is 11.6 Å². The van der Waals surface area contributed by atoms with Gasteiger partial charge in [-0.25, -0.2) is 4.98 Å². The second-order valence-electron chi connectivity index (χ2n) is 7.48. The zero-order chi connectivity index (χ0) is 17.6. The molecule has 1 aliphatic carbocycles. The molecule has 3 aromatic rings. The summed E-state index contributed by atoms with van der Waals surface area (Å²) in [7, 11) is 0. The summed E-state index contributed by atoms with van der Waals surface area (Å²) in [5.41, 5.74) is 2.92. The number of nitrogens with zero attached hydrogens (tertiary/aromatic N) is 2. The molecule has 0 radical (unpaired) electrons. The van der Waals surface area contributed by atoms with Crippen molar-refractivity contribution in [1.29, 1.82) is 0 Å². The highest BCUT2D eigenvalue weighted by atomic mass is 32.1. The van der Waals surface area contributed by atoms with Gasteiger partial charge in [-0.15, -0.1) is 11.3 Å². The van der Waals surface area contributed by atoms with Gasteiger partial charge in [-0.1, -0.05) is 32.9 Å². The summed E-state index contributed by atoms with van der Waals surface area (Å²) >= 11 is 1.80. The van der Waals surface area contributed by atoms with Crippen LogP contribution in [0.15, 0.2) is 24.3 Å². The van der Waals surface area contributed by atoms with E-state index >= 15 is 0 Å². The van der Waals surface area contributed by atoms with Crippen LogP contribution in [-0.2, 0) is 18.3 Å². The molecule has 2 heterocycles. The largest absolute Gasteiger partial charge is 0.438 e. The number of aryl methyl sites for hydroxylation is 3. The highest BCUT2D eigenvalue weighted by Crippen LogP contribution is 2.41. The van der Waals surface area contributed by atoms with Gasteiger partial charge in [0.25, 0.3) is 0 Å². The molecule has 0 unspecified atom stereocenters. The summed E-state index contributed by atoms with van der Waals surface area (Å²) < 4.78 is 6.21. The van der Waals surface area contributed by atoms with Crippen LogP contribution in [0.4, 0.5) is 0 Å². The Kier molecular flexibility index (Phi) is 4.03. The molecule has 0 atom stereocenters. The van der Waals surface area contributed by atoms with Gasteiger partial charge >= 0.3 is 0 Å². The lowest BCUT2D eigenvalue weighted by Crippen LogP contribution is -2.14. The maximum atomic E-state index is 6.21. The summed E-state index contributed by atoms with van der Waals surface area (Å²) in [6.07, 6.45) is 4.61. The summed E-state index contributed by atoms with van der Waals surface area (Å²) in [5, 5.41) is 1.13.